The lowest BCUT2D eigenvalue weighted by Gasteiger charge is -2.03. The van der Waals surface area contributed by atoms with Crippen molar-refractivity contribution in [2.24, 2.45) is 0 Å². The van der Waals surface area contributed by atoms with Crippen molar-refractivity contribution in [3.05, 3.63) is 53.1 Å². The fourth-order valence-corrected chi connectivity index (χ4v) is 1.45. The third-order valence-electron chi connectivity index (χ3n) is 2.28. The first-order valence-electron chi connectivity index (χ1n) is 5.20. The van der Waals surface area contributed by atoms with Gasteiger partial charge in [0.05, 0.1) is 0 Å². The van der Waals surface area contributed by atoms with Gasteiger partial charge in [0.1, 0.15) is 11.5 Å². The molecule has 2 rings (SSSR count). The molecule has 88 valence electrons. The second-order valence-electron chi connectivity index (χ2n) is 3.75. The summed E-state index contributed by atoms with van der Waals surface area (Å²) in [5.74, 6) is -0.592. The van der Waals surface area contributed by atoms with Crippen molar-refractivity contribution in [2.75, 3.05) is 0 Å². The van der Waals surface area contributed by atoms with Crippen molar-refractivity contribution < 1.29 is 9.18 Å². The van der Waals surface area contributed by atoms with E-state index in [1.807, 2.05) is 6.92 Å². The van der Waals surface area contributed by atoms with Gasteiger partial charge in [-0.15, -0.1) is 0 Å². The quantitative estimate of drug-likeness (QED) is 0.849. The molecule has 17 heavy (non-hydrogen) atoms. The molecular formula is C12H12FN3O. The maximum Gasteiger partial charge on any atom is 0.272 e. The molecule has 1 aromatic heterocycles. The highest BCUT2D eigenvalue weighted by atomic mass is 19.1. The topological polar surface area (TPSA) is 57.8 Å². The van der Waals surface area contributed by atoms with Gasteiger partial charge in [-0.25, -0.2) is 4.39 Å². The molecule has 0 atom stereocenters. The van der Waals surface area contributed by atoms with Crippen LogP contribution in [-0.4, -0.2) is 16.1 Å². The Labute approximate surface area is 97.9 Å². The summed E-state index contributed by atoms with van der Waals surface area (Å²) < 4.78 is 12.9. The number of hydrogen-bond acceptors (Lipinski definition) is 2. The van der Waals surface area contributed by atoms with Crippen LogP contribution in [-0.2, 0) is 6.54 Å². The number of carbonyl (C=O) groups is 1. The van der Waals surface area contributed by atoms with Crippen LogP contribution < -0.4 is 5.32 Å². The highest BCUT2D eigenvalue weighted by Gasteiger charge is 2.08. The number of benzene rings is 1. The van der Waals surface area contributed by atoms with Gasteiger partial charge in [-0.05, 0) is 30.7 Å². The molecule has 0 unspecified atom stereocenters. The number of nitrogens with one attached hydrogen (secondary N) is 2. The van der Waals surface area contributed by atoms with E-state index >= 15 is 0 Å². The molecule has 2 N–H and O–H groups in total. The highest BCUT2D eigenvalue weighted by molar-refractivity contribution is 5.92. The molecule has 1 heterocycles. The number of aromatic amines is 1. The second kappa shape index (κ2) is 4.78. The Balaban J connectivity index is 1.97. The first-order chi connectivity index (χ1) is 8.15. The number of rotatable bonds is 3. The van der Waals surface area contributed by atoms with Crippen LogP contribution in [0.1, 0.15) is 21.7 Å². The van der Waals surface area contributed by atoms with Gasteiger partial charge in [-0.2, -0.15) is 5.10 Å². The van der Waals surface area contributed by atoms with Crippen molar-refractivity contribution in [2.45, 2.75) is 13.5 Å². The minimum Gasteiger partial charge on any atom is -0.347 e. The Morgan fingerprint density at radius 1 is 1.47 bits per heavy atom. The van der Waals surface area contributed by atoms with Crippen LogP contribution in [0.5, 0.6) is 0 Å². The van der Waals surface area contributed by atoms with Crippen LogP contribution in [0.4, 0.5) is 4.39 Å². The molecule has 5 heteroatoms. The van der Waals surface area contributed by atoms with Crippen LogP contribution in [0.25, 0.3) is 0 Å². The molecular weight excluding hydrogens is 221 g/mol. The lowest BCUT2D eigenvalue weighted by Crippen LogP contribution is -2.23. The summed E-state index contributed by atoms with van der Waals surface area (Å²) >= 11 is 0. The zero-order chi connectivity index (χ0) is 12.3. The summed E-state index contributed by atoms with van der Waals surface area (Å²) in [6, 6.07) is 7.76. The lowest BCUT2D eigenvalue weighted by atomic mass is 10.2. The van der Waals surface area contributed by atoms with E-state index in [0.717, 1.165) is 5.69 Å². The SMILES string of the molecule is Cc1cc(C(=O)NCc2cccc(F)c2)n[nH]1. The molecule has 0 bridgehead atoms. The molecule has 0 saturated carbocycles. The normalized spacial score (nSPS) is 10.2. The lowest BCUT2D eigenvalue weighted by molar-refractivity contribution is 0.0946. The maximum atomic E-state index is 12.9. The van der Waals surface area contributed by atoms with E-state index in [-0.39, 0.29) is 18.3 Å². The zero-order valence-corrected chi connectivity index (χ0v) is 9.33. The number of halogens is 1. The Hall–Kier alpha value is -2.17. The van der Waals surface area contributed by atoms with Crippen LogP contribution in [0, 0.1) is 12.7 Å². The molecule has 0 saturated heterocycles. The van der Waals surface area contributed by atoms with Gasteiger partial charge in [-0.3, -0.25) is 9.89 Å². The third kappa shape index (κ3) is 2.90. The van der Waals surface area contributed by atoms with Gasteiger partial charge >= 0.3 is 0 Å². The van der Waals surface area contributed by atoms with Crippen LogP contribution >= 0.6 is 0 Å². The Kier molecular flexibility index (Phi) is 3.18. The fourth-order valence-electron chi connectivity index (χ4n) is 1.45. The van der Waals surface area contributed by atoms with Crippen molar-refractivity contribution in [1.29, 1.82) is 0 Å². The van der Waals surface area contributed by atoms with E-state index in [1.165, 1.54) is 12.1 Å². The molecule has 0 aliphatic heterocycles. The fraction of sp³-hybridized carbons (Fsp3) is 0.167. The third-order valence-corrected chi connectivity index (χ3v) is 2.28. The number of H-pyrrole nitrogens is 1. The predicted molar refractivity (Wildman–Crippen MR) is 60.9 cm³/mol. The molecule has 0 aliphatic rings. The highest BCUT2D eigenvalue weighted by Crippen LogP contribution is 2.04. The minimum absolute atomic E-state index is 0.279. The molecule has 0 aliphatic carbocycles. The van der Waals surface area contributed by atoms with Gasteiger partial charge in [0, 0.05) is 12.2 Å². The van der Waals surface area contributed by atoms with E-state index in [2.05, 4.69) is 15.5 Å². The monoisotopic (exact) mass is 233 g/mol. The molecule has 0 radical (unpaired) electrons. The van der Waals surface area contributed by atoms with Crippen LogP contribution in [0.15, 0.2) is 30.3 Å². The summed E-state index contributed by atoms with van der Waals surface area (Å²) in [5.41, 5.74) is 1.87. The molecule has 1 amide bonds. The molecule has 2 aromatic rings. The van der Waals surface area contributed by atoms with Gasteiger partial charge in [0.25, 0.3) is 5.91 Å². The Bertz CT molecular complexity index is 536. The van der Waals surface area contributed by atoms with E-state index in [0.29, 0.717) is 11.3 Å². The van der Waals surface area contributed by atoms with E-state index in [1.54, 1.807) is 18.2 Å². The first kappa shape index (κ1) is 11.3. The van der Waals surface area contributed by atoms with E-state index in [4.69, 9.17) is 0 Å². The maximum absolute atomic E-state index is 12.9. The molecule has 1 aromatic carbocycles. The average molecular weight is 233 g/mol. The summed E-state index contributed by atoms with van der Waals surface area (Å²) in [7, 11) is 0. The summed E-state index contributed by atoms with van der Waals surface area (Å²) in [5, 5.41) is 9.19. The van der Waals surface area contributed by atoms with Gasteiger partial charge < -0.3 is 5.32 Å². The Morgan fingerprint density at radius 2 is 2.29 bits per heavy atom. The van der Waals surface area contributed by atoms with Crippen molar-refractivity contribution in [3.63, 3.8) is 0 Å². The van der Waals surface area contributed by atoms with Crippen LogP contribution in [0.2, 0.25) is 0 Å². The number of aromatic nitrogens is 2. The van der Waals surface area contributed by atoms with Gasteiger partial charge in [0.15, 0.2) is 0 Å². The van der Waals surface area contributed by atoms with Gasteiger partial charge in [-0.1, -0.05) is 12.1 Å². The molecule has 0 spiro atoms. The summed E-state index contributed by atoms with van der Waals surface area (Å²) in [4.78, 5) is 11.6. The largest absolute Gasteiger partial charge is 0.347 e. The van der Waals surface area contributed by atoms with Crippen molar-refractivity contribution in [3.8, 4) is 0 Å². The average Bonchev–Trinajstić information content (AvgIpc) is 2.73. The van der Waals surface area contributed by atoms with E-state index in [9.17, 15) is 9.18 Å². The zero-order valence-electron chi connectivity index (χ0n) is 9.33. The number of amides is 1. The van der Waals surface area contributed by atoms with Gasteiger partial charge in [0.2, 0.25) is 0 Å². The number of nitrogens with zero attached hydrogens (tertiary/aromatic N) is 1. The second-order valence-corrected chi connectivity index (χ2v) is 3.75. The smallest absolute Gasteiger partial charge is 0.272 e. The first-order valence-corrected chi connectivity index (χ1v) is 5.20. The Morgan fingerprint density at radius 3 is 2.94 bits per heavy atom. The number of carbonyl (C=O) groups excluding carboxylic acids is 1. The standard InChI is InChI=1S/C12H12FN3O/c1-8-5-11(16-15-8)12(17)14-7-9-3-2-4-10(13)6-9/h2-6H,7H2,1H3,(H,14,17)(H,15,16). The van der Waals surface area contributed by atoms with Crippen LogP contribution in [0.3, 0.4) is 0 Å². The molecule has 0 fully saturated rings. The van der Waals surface area contributed by atoms with Crippen molar-refractivity contribution >= 4 is 5.91 Å². The van der Waals surface area contributed by atoms with Crippen molar-refractivity contribution in [1.82, 2.24) is 15.5 Å². The summed E-state index contributed by atoms with van der Waals surface area (Å²) in [6.07, 6.45) is 0. The predicted octanol–water partition coefficient (Wildman–Crippen LogP) is 1.79. The number of hydrogen-bond donors (Lipinski definition) is 2. The molecule has 4 nitrogen and oxygen atoms in total. The van der Waals surface area contributed by atoms with E-state index < -0.39 is 0 Å². The number of aryl methyl sites for hydroxylation is 1. The summed E-state index contributed by atoms with van der Waals surface area (Å²) in [6.45, 7) is 2.10. The minimum atomic E-state index is -0.313.